The summed E-state index contributed by atoms with van der Waals surface area (Å²) in [7, 11) is 0. The van der Waals surface area contributed by atoms with E-state index in [2.05, 4.69) is 45.0 Å². The highest BCUT2D eigenvalue weighted by Crippen LogP contribution is 2.37. The summed E-state index contributed by atoms with van der Waals surface area (Å²) in [5.41, 5.74) is 1.32. The third-order valence-corrected chi connectivity index (χ3v) is 7.98. The van der Waals surface area contributed by atoms with Crippen molar-refractivity contribution in [2.24, 2.45) is 5.92 Å². The average molecular weight is 428 g/mol. The predicted molar refractivity (Wildman–Crippen MR) is 121 cm³/mol. The van der Waals surface area contributed by atoms with Crippen LogP contribution in [-0.4, -0.2) is 86.4 Å². The van der Waals surface area contributed by atoms with Crippen LogP contribution in [0.2, 0.25) is 0 Å². The summed E-state index contributed by atoms with van der Waals surface area (Å²) in [4.78, 5) is 20.2. The molecule has 4 aliphatic heterocycles. The zero-order valence-electron chi connectivity index (χ0n) is 18.7. The van der Waals surface area contributed by atoms with E-state index in [1.54, 1.807) is 0 Å². The fraction of sp³-hybridized carbons (Fsp3) is 0.720. The Morgan fingerprint density at radius 1 is 0.871 bits per heavy atom. The van der Waals surface area contributed by atoms with Crippen molar-refractivity contribution in [1.29, 1.82) is 0 Å². The summed E-state index contributed by atoms with van der Waals surface area (Å²) in [6.07, 6.45) is 6.00. The molecule has 6 nitrogen and oxygen atoms in total. The van der Waals surface area contributed by atoms with E-state index in [9.17, 15) is 4.79 Å². The average Bonchev–Trinajstić information content (AvgIpc) is 2.85. The van der Waals surface area contributed by atoms with E-state index in [-0.39, 0.29) is 11.5 Å². The first-order valence-electron chi connectivity index (χ1n) is 12.3. The van der Waals surface area contributed by atoms with Crippen molar-refractivity contribution in [1.82, 2.24) is 9.80 Å². The van der Waals surface area contributed by atoms with Gasteiger partial charge in [-0.05, 0) is 50.7 Å². The van der Waals surface area contributed by atoms with Gasteiger partial charge in [0, 0.05) is 76.7 Å². The van der Waals surface area contributed by atoms with Crippen molar-refractivity contribution in [2.45, 2.75) is 50.2 Å². The van der Waals surface area contributed by atoms with E-state index in [1.165, 1.54) is 5.69 Å². The number of hydrogen-bond acceptors (Lipinski definition) is 5. The Bertz CT molecular complexity index is 721. The van der Waals surface area contributed by atoms with Crippen molar-refractivity contribution in [2.75, 3.05) is 64.0 Å². The smallest absolute Gasteiger partial charge is 0.225 e. The molecule has 1 aromatic carbocycles. The molecule has 1 amide bonds. The van der Waals surface area contributed by atoms with Crippen molar-refractivity contribution >= 4 is 11.6 Å². The molecule has 4 heterocycles. The van der Waals surface area contributed by atoms with Gasteiger partial charge in [-0.15, -0.1) is 0 Å². The first kappa shape index (κ1) is 21.2. The Morgan fingerprint density at radius 3 is 2.29 bits per heavy atom. The topological polar surface area (TPSA) is 45.2 Å². The molecule has 170 valence electrons. The zero-order valence-corrected chi connectivity index (χ0v) is 18.7. The second kappa shape index (κ2) is 9.47. The second-order valence-corrected chi connectivity index (χ2v) is 9.75. The number of ether oxygens (including phenoxy) is 2. The number of piperidine rings is 1. The zero-order chi connectivity index (χ0) is 21.1. The first-order valence-corrected chi connectivity index (χ1v) is 12.3. The van der Waals surface area contributed by atoms with Gasteiger partial charge in [0.15, 0.2) is 0 Å². The maximum atomic E-state index is 12.9. The molecule has 5 rings (SSSR count). The number of likely N-dealkylation sites (tertiary alicyclic amines) is 1. The number of benzene rings is 1. The van der Waals surface area contributed by atoms with Crippen LogP contribution in [0.15, 0.2) is 30.3 Å². The lowest BCUT2D eigenvalue weighted by molar-refractivity contribution is -0.154. The number of para-hydroxylation sites is 1. The fourth-order valence-electron chi connectivity index (χ4n) is 5.98. The molecule has 31 heavy (non-hydrogen) atoms. The molecule has 0 bridgehead atoms. The lowest BCUT2D eigenvalue weighted by Crippen LogP contribution is -2.58. The van der Waals surface area contributed by atoms with Crippen molar-refractivity contribution in [3.05, 3.63) is 30.3 Å². The molecule has 6 heteroatoms. The highest BCUT2D eigenvalue weighted by atomic mass is 16.5. The van der Waals surface area contributed by atoms with E-state index in [0.29, 0.717) is 11.9 Å². The van der Waals surface area contributed by atoms with Crippen molar-refractivity contribution < 1.29 is 14.3 Å². The van der Waals surface area contributed by atoms with Gasteiger partial charge in [-0.25, -0.2) is 0 Å². The third kappa shape index (κ3) is 4.76. The Hall–Kier alpha value is -1.63. The maximum Gasteiger partial charge on any atom is 0.225 e. The van der Waals surface area contributed by atoms with Gasteiger partial charge in [-0.1, -0.05) is 18.2 Å². The van der Waals surface area contributed by atoms with Crippen LogP contribution in [-0.2, 0) is 14.3 Å². The van der Waals surface area contributed by atoms with Crippen LogP contribution >= 0.6 is 0 Å². The van der Waals surface area contributed by atoms with Crippen LogP contribution in [0.4, 0.5) is 5.69 Å². The molecular weight excluding hydrogens is 390 g/mol. The minimum Gasteiger partial charge on any atom is -0.381 e. The van der Waals surface area contributed by atoms with Crippen LogP contribution < -0.4 is 4.90 Å². The summed E-state index contributed by atoms with van der Waals surface area (Å²) in [6, 6.07) is 11.4. The Labute approximate surface area is 186 Å². The van der Waals surface area contributed by atoms with Gasteiger partial charge in [-0.3, -0.25) is 9.69 Å². The largest absolute Gasteiger partial charge is 0.381 e. The Kier molecular flexibility index (Phi) is 6.49. The van der Waals surface area contributed by atoms with Crippen LogP contribution in [0.1, 0.15) is 38.5 Å². The van der Waals surface area contributed by atoms with Gasteiger partial charge >= 0.3 is 0 Å². The number of carbonyl (C=O) groups is 1. The minimum atomic E-state index is -0.0219. The van der Waals surface area contributed by atoms with Crippen LogP contribution in [0, 0.1) is 5.92 Å². The highest BCUT2D eigenvalue weighted by molar-refractivity contribution is 5.79. The van der Waals surface area contributed by atoms with Gasteiger partial charge < -0.3 is 19.3 Å². The van der Waals surface area contributed by atoms with E-state index < -0.39 is 0 Å². The molecule has 1 spiro atoms. The van der Waals surface area contributed by atoms with E-state index in [0.717, 1.165) is 97.6 Å². The SMILES string of the molecule is O=C(C1CCOCC1)N1CCC2(CC1)C[C@@H](N1CCN(c3ccccc3)CC1)CCO2. The standard InChI is InChI=1S/C25H37N3O3/c29-24(21-6-17-30-18-7-21)28-11-9-25(10-12-28)20-23(8-19-31-25)27-15-13-26(14-16-27)22-4-2-1-3-5-22/h1-5,21,23H,6-20H2/t23-/m0/s1. The first-order chi connectivity index (χ1) is 15.2. The number of carbonyl (C=O) groups excluding carboxylic acids is 1. The van der Waals surface area contributed by atoms with Crippen LogP contribution in [0.3, 0.4) is 0 Å². The third-order valence-electron chi connectivity index (χ3n) is 7.98. The number of nitrogens with zero attached hydrogens (tertiary/aromatic N) is 3. The number of piperazine rings is 1. The molecule has 0 aromatic heterocycles. The molecule has 0 radical (unpaired) electrons. The normalized spacial score (nSPS) is 28.1. The molecule has 4 fully saturated rings. The molecular formula is C25H37N3O3. The van der Waals surface area contributed by atoms with Crippen molar-refractivity contribution in [3.63, 3.8) is 0 Å². The Morgan fingerprint density at radius 2 is 1.58 bits per heavy atom. The van der Waals surface area contributed by atoms with Gasteiger partial charge in [0.05, 0.1) is 5.60 Å². The summed E-state index contributed by atoms with van der Waals surface area (Å²) in [5.74, 6) is 0.520. The number of hydrogen-bond donors (Lipinski definition) is 0. The minimum absolute atomic E-state index is 0.0219. The maximum absolute atomic E-state index is 12.9. The molecule has 1 aromatic rings. The molecule has 4 aliphatic rings. The quantitative estimate of drug-likeness (QED) is 0.742. The molecule has 0 aliphatic carbocycles. The monoisotopic (exact) mass is 427 g/mol. The summed E-state index contributed by atoms with van der Waals surface area (Å²) in [5, 5.41) is 0. The van der Waals surface area contributed by atoms with Gasteiger partial charge in [0.25, 0.3) is 0 Å². The molecule has 0 saturated carbocycles. The van der Waals surface area contributed by atoms with Crippen LogP contribution in [0.5, 0.6) is 0 Å². The number of amides is 1. The van der Waals surface area contributed by atoms with Crippen molar-refractivity contribution in [3.8, 4) is 0 Å². The van der Waals surface area contributed by atoms with Gasteiger partial charge in [0.2, 0.25) is 5.91 Å². The Balaban J connectivity index is 1.13. The summed E-state index contributed by atoms with van der Waals surface area (Å²) in [6.45, 7) is 8.48. The fourth-order valence-corrected chi connectivity index (χ4v) is 5.98. The van der Waals surface area contributed by atoms with Gasteiger partial charge in [0.1, 0.15) is 0 Å². The molecule has 0 unspecified atom stereocenters. The molecule has 0 N–H and O–H groups in total. The number of rotatable bonds is 3. The van der Waals surface area contributed by atoms with E-state index in [1.807, 2.05) is 0 Å². The predicted octanol–water partition coefficient (Wildman–Crippen LogP) is 2.78. The van der Waals surface area contributed by atoms with Gasteiger partial charge in [-0.2, -0.15) is 0 Å². The van der Waals surface area contributed by atoms with E-state index >= 15 is 0 Å². The lowest BCUT2D eigenvalue weighted by atomic mass is 9.81. The second-order valence-electron chi connectivity index (χ2n) is 9.75. The summed E-state index contributed by atoms with van der Waals surface area (Å²) >= 11 is 0. The number of anilines is 1. The van der Waals surface area contributed by atoms with Crippen LogP contribution in [0.25, 0.3) is 0 Å². The molecule has 1 atom stereocenters. The molecule has 4 saturated heterocycles. The lowest BCUT2D eigenvalue weighted by Gasteiger charge is -2.50. The highest BCUT2D eigenvalue weighted by Gasteiger charge is 2.43. The van der Waals surface area contributed by atoms with E-state index in [4.69, 9.17) is 9.47 Å². The summed E-state index contributed by atoms with van der Waals surface area (Å²) < 4.78 is 11.8.